The Hall–Kier alpha value is -2.13. The maximum Gasteiger partial charge on any atom is 0.234 e. The number of carbonyl (C=O) groups excluding carboxylic acids is 1. The minimum Gasteiger partial charge on any atom is -0.368 e. The lowest BCUT2D eigenvalue weighted by Crippen LogP contribution is -2.41. The zero-order valence-corrected chi connectivity index (χ0v) is 11.8. The molecule has 0 aliphatic heterocycles. The van der Waals surface area contributed by atoms with Gasteiger partial charge >= 0.3 is 0 Å². The first kappa shape index (κ1) is 14.3. The van der Waals surface area contributed by atoms with E-state index in [-0.39, 0.29) is 18.0 Å². The van der Waals surface area contributed by atoms with Crippen LogP contribution in [0, 0.1) is 6.92 Å². The fourth-order valence-corrected chi connectivity index (χ4v) is 2.12. The lowest BCUT2D eigenvalue weighted by molar-refractivity contribution is -0.119. The highest BCUT2D eigenvalue weighted by Gasteiger charge is 2.18. The molecule has 3 heteroatoms. The van der Waals surface area contributed by atoms with Gasteiger partial charge in [-0.1, -0.05) is 60.2 Å². The molecule has 2 rings (SSSR count). The van der Waals surface area contributed by atoms with E-state index >= 15 is 0 Å². The molecule has 20 heavy (non-hydrogen) atoms. The van der Waals surface area contributed by atoms with Crippen LogP contribution in [0.25, 0.3) is 0 Å². The third kappa shape index (κ3) is 3.45. The van der Waals surface area contributed by atoms with Gasteiger partial charge in [0.15, 0.2) is 0 Å². The van der Waals surface area contributed by atoms with Gasteiger partial charge in [0.05, 0.1) is 12.1 Å². The fraction of sp³-hybridized carbons (Fsp3) is 0.235. The zero-order chi connectivity index (χ0) is 14.5. The smallest absolute Gasteiger partial charge is 0.234 e. The highest BCUT2D eigenvalue weighted by atomic mass is 16.1. The molecular formula is C17H20N2O. The molecule has 0 heterocycles. The summed E-state index contributed by atoms with van der Waals surface area (Å²) in [7, 11) is 0. The molecule has 104 valence electrons. The summed E-state index contributed by atoms with van der Waals surface area (Å²) in [5.74, 6) is -0.349. The van der Waals surface area contributed by atoms with Crippen molar-refractivity contribution in [3.05, 3.63) is 71.3 Å². The van der Waals surface area contributed by atoms with Crippen molar-refractivity contribution in [2.24, 2.45) is 5.73 Å². The Balaban J connectivity index is 2.34. The van der Waals surface area contributed by atoms with Gasteiger partial charge in [-0.05, 0) is 25.0 Å². The Morgan fingerprint density at radius 2 is 1.55 bits per heavy atom. The summed E-state index contributed by atoms with van der Waals surface area (Å²) in [5.41, 5.74) is 8.81. The van der Waals surface area contributed by atoms with Crippen LogP contribution in [-0.4, -0.2) is 11.9 Å². The van der Waals surface area contributed by atoms with E-state index in [1.807, 2.05) is 30.3 Å². The second-order valence-corrected chi connectivity index (χ2v) is 5.05. The van der Waals surface area contributed by atoms with Gasteiger partial charge in [-0.3, -0.25) is 10.1 Å². The molecule has 0 spiro atoms. The summed E-state index contributed by atoms with van der Waals surface area (Å²) in [5, 5.41) is 3.29. The van der Waals surface area contributed by atoms with Crippen molar-refractivity contribution < 1.29 is 4.79 Å². The summed E-state index contributed by atoms with van der Waals surface area (Å²) < 4.78 is 0. The SMILES string of the molecule is Cc1ccc([C@@H](N[C@H](C)C(N)=O)c2ccccc2)cc1. The summed E-state index contributed by atoms with van der Waals surface area (Å²) >= 11 is 0. The Kier molecular flexibility index (Phi) is 4.53. The van der Waals surface area contributed by atoms with Gasteiger partial charge in [-0.2, -0.15) is 0 Å². The Morgan fingerprint density at radius 1 is 1.00 bits per heavy atom. The number of primary amides is 1. The molecule has 0 aliphatic rings. The van der Waals surface area contributed by atoms with Crippen molar-refractivity contribution in [2.45, 2.75) is 25.9 Å². The molecule has 2 aromatic rings. The molecule has 0 fully saturated rings. The van der Waals surface area contributed by atoms with Gasteiger partial charge in [-0.25, -0.2) is 0 Å². The lowest BCUT2D eigenvalue weighted by atomic mass is 9.97. The average molecular weight is 268 g/mol. The predicted molar refractivity (Wildman–Crippen MR) is 81.3 cm³/mol. The van der Waals surface area contributed by atoms with E-state index in [2.05, 4.69) is 36.5 Å². The summed E-state index contributed by atoms with van der Waals surface area (Å²) in [6.45, 7) is 3.84. The van der Waals surface area contributed by atoms with Gasteiger partial charge in [0, 0.05) is 0 Å². The number of benzene rings is 2. The zero-order valence-electron chi connectivity index (χ0n) is 11.8. The Bertz CT molecular complexity index is 563. The van der Waals surface area contributed by atoms with E-state index in [1.54, 1.807) is 6.92 Å². The van der Waals surface area contributed by atoms with Gasteiger partial charge < -0.3 is 5.73 Å². The van der Waals surface area contributed by atoms with E-state index in [0.29, 0.717) is 0 Å². The first-order valence-electron chi connectivity index (χ1n) is 6.75. The number of aryl methyl sites for hydroxylation is 1. The predicted octanol–water partition coefficient (Wildman–Crippen LogP) is 2.55. The van der Waals surface area contributed by atoms with E-state index in [1.165, 1.54) is 5.56 Å². The summed E-state index contributed by atoms with van der Waals surface area (Å²) in [4.78, 5) is 11.3. The second-order valence-electron chi connectivity index (χ2n) is 5.05. The molecule has 0 saturated heterocycles. The van der Waals surface area contributed by atoms with Crippen LogP contribution in [0.15, 0.2) is 54.6 Å². The van der Waals surface area contributed by atoms with Crippen molar-refractivity contribution in [3.63, 3.8) is 0 Å². The van der Waals surface area contributed by atoms with Crippen molar-refractivity contribution >= 4 is 5.91 Å². The molecule has 2 atom stereocenters. The molecule has 0 aliphatic carbocycles. The standard InChI is InChI=1S/C17H20N2O/c1-12-8-10-15(11-9-12)16(19-13(2)17(18)20)14-6-4-3-5-7-14/h3-11,13,16,19H,1-2H3,(H2,18,20)/t13-,16+/m1/s1. The van der Waals surface area contributed by atoms with Crippen molar-refractivity contribution in [2.75, 3.05) is 0 Å². The van der Waals surface area contributed by atoms with E-state index in [0.717, 1.165) is 11.1 Å². The van der Waals surface area contributed by atoms with Crippen molar-refractivity contribution in [3.8, 4) is 0 Å². The maximum absolute atomic E-state index is 11.3. The Morgan fingerprint density at radius 3 is 2.10 bits per heavy atom. The Labute approximate surface area is 119 Å². The first-order valence-corrected chi connectivity index (χ1v) is 6.75. The molecule has 0 aromatic heterocycles. The number of hydrogen-bond donors (Lipinski definition) is 2. The average Bonchev–Trinajstić information content (AvgIpc) is 2.46. The number of rotatable bonds is 5. The molecule has 1 amide bonds. The molecule has 3 N–H and O–H groups in total. The first-order chi connectivity index (χ1) is 9.58. The minimum atomic E-state index is -0.387. The lowest BCUT2D eigenvalue weighted by Gasteiger charge is -2.23. The molecule has 2 aromatic carbocycles. The summed E-state index contributed by atoms with van der Waals surface area (Å²) in [6.07, 6.45) is 0. The van der Waals surface area contributed by atoms with Crippen LogP contribution in [0.5, 0.6) is 0 Å². The van der Waals surface area contributed by atoms with Crippen LogP contribution in [0.1, 0.15) is 29.7 Å². The minimum absolute atomic E-state index is 0.0423. The van der Waals surface area contributed by atoms with Crippen LogP contribution < -0.4 is 11.1 Å². The van der Waals surface area contributed by atoms with E-state index < -0.39 is 0 Å². The third-order valence-corrected chi connectivity index (χ3v) is 3.39. The molecule has 0 unspecified atom stereocenters. The number of nitrogens with two attached hydrogens (primary N) is 1. The number of amides is 1. The molecular weight excluding hydrogens is 248 g/mol. The largest absolute Gasteiger partial charge is 0.368 e. The quantitative estimate of drug-likeness (QED) is 0.875. The van der Waals surface area contributed by atoms with E-state index in [9.17, 15) is 4.79 Å². The number of hydrogen-bond acceptors (Lipinski definition) is 2. The van der Waals surface area contributed by atoms with Crippen LogP contribution in [-0.2, 0) is 4.79 Å². The van der Waals surface area contributed by atoms with E-state index in [4.69, 9.17) is 5.73 Å². The maximum atomic E-state index is 11.3. The van der Waals surface area contributed by atoms with Gasteiger partial charge in [-0.15, -0.1) is 0 Å². The van der Waals surface area contributed by atoms with Gasteiger partial charge in [0.25, 0.3) is 0 Å². The van der Waals surface area contributed by atoms with Crippen LogP contribution in [0.4, 0.5) is 0 Å². The van der Waals surface area contributed by atoms with Crippen LogP contribution >= 0.6 is 0 Å². The number of nitrogens with one attached hydrogen (secondary N) is 1. The van der Waals surface area contributed by atoms with Crippen LogP contribution in [0.2, 0.25) is 0 Å². The summed E-state index contributed by atoms with van der Waals surface area (Å²) in [6, 6.07) is 17.9. The van der Waals surface area contributed by atoms with Gasteiger partial charge in [0.2, 0.25) is 5.91 Å². The van der Waals surface area contributed by atoms with Crippen LogP contribution in [0.3, 0.4) is 0 Å². The highest BCUT2D eigenvalue weighted by Crippen LogP contribution is 2.22. The van der Waals surface area contributed by atoms with Gasteiger partial charge in [0.1, 0.15) is 0 Å². The third-order valence-electron chi connectivity index (χ3n) is 3.39. The normalized spacial score (nSPS) is 13.7. The van der Waals surface area contributed by atoms with Crippen molar-refractivity contribution in [1.29, 1.82) is 0 Å². The topological polar surface area (TPSA) is 55.1 Å². The molecule has 0 saturated carbocycles. The molecule has 0 bridgehead atoms. The molecule has 3 nitrogen and oxygen atoms in total. The second kappa shape index (κ2) is 6.35. The molecule has 0 radical (unpaired) electrons. The highest BCUT2D eigenvalue weighted by molar-refractivity contribution is 5.79. The van der Waals surface area contributed by atoms with Crippen molar-refractivity contribution in [1.82, 2.24) is 5.32 Å². The monoisotopic (exact) mass is 268 g/mol. The fourth-order valence-electron chi connectivity index (χ4n) is 2.12. The number of carbonyl (C=O) groups is 1.